The first-order valence-corrected chi connectivity index (χ1v) is 20.4. The van der Waals surface area contributed by atoms with Crippen molar-refractivity contribution in [3.8, 4) is 72.8 Å². The van der Waals surface area contributed by atoms with E-state index in [0.29, 0.717) is 5.82 Å². The second kappa shape index (κ2) is 12.7. The summed E-state index contributed by atoms with van der Waals surface area (Å²) in [6.45, 7) is 0. The van der Waals surface area contributed by atoms with Gasteiger partial charge in [0.1, 0.15) is 16.8 Å². The Balaban J connectivity index is 1.05. The molecule has 13 rings (SSSR count). The van der Waals surface area contributed by atoms with E-state index in [1.165, 1.54) is 44.2 Å². The molecule has 4 heteroatoms. The minimum Gasteiger partial charge on any atom is -0.456 e. The zero-order valence-electron chi connectivity index (χ0n) is 32.3. The predicted octanol–water partition coefficient (Wildman–Crippen LogP) is 14.9. The van der Waals surface area contributed by atoms with Crippen LogP contribution < -0.4 is 0 Å². The summed E-state index contributed by atoms with van der Waals surface area (Å²) in [5, 5.41) is 6.89. The summed E-state index contributed by atoms with van der Waals surface area (Å²) in [7, 11) is 0. The first-order valence-electron chi connectivity index (χ1n) is 20.4. The fourth-order valence-electron chi connectivity index (χ4n) is 9.73. The van der Waals surface area contributed by atoms with Crippen molar-refractivity contribution in [2.24, 2.45) is 0 Å². The van der Waals surface area contributed by atoms with E-state index in [1.807, 2.05) is 18.2 Å². The van der Waals surface area contributed by atoms with Crippen LogP contribution in [0.2, 0.25) is 0 Å². The Bertz CT molecular complexity index is 3670. The Kier molecular flexibility index (Phi) is 6.98. The van der Waals surface area contributed by atoms with E-state index in [1.54, 1.807) is 0 Å². The highest BCUT2D eigenvalue weighted by atomic mass is 16.3. The highest BCUT2D eigenvalue weighted by Gasteiger charge is 2.24. The molecular formula is C56H33N3O. The molecule has 0 saturated carbocycles. The first kappa shape index (κ1) is 32.9. The summed E-state index contributed by atoms with van der Waals surface area (Å²) < 4.78 is 8.89. The average Bonchev–Trinajstić information content (AvgIpc) is 3.98. The number of hydrogen-bond acceptors (Lipinski definition) is 3. The molecular weight excluding hydrogens is 731 g/mol. The van der Waals surface area contributed by atoms with Crippen molar-refractivity contribution in [2.75, 3.05) is 0 Å². The third kappa shape index (κ3) is 4.79. The van der Waals surface area contributed by atoms with E-state index in [9.17, 15) is 0 Å². The van der Waals surface area contributed by atoms with Gasteiger partial charge < -0.3 is 4.42 Å². The van der Waals surface area contributed by atoms with E-state index in [0.717, 1.165) is 77.5 Å². The number of nitrogens with zero attached hydrogens (tertiary/aromatic N) is 3. The van der Waals surface area contributed by atoms with E-state index >= 15 is 0 Å². The van der Waals surface area contributed by atoms with Gasteiger partial charge in [0.15, 0.2) is 5.82 Å². The topological polar surface area (TPSA) is 43.9 Å². The van der Waals surface area contributed by atoms with Gasteiger partial charge in [-0.3, -0.25) is 4.57 Å². The largest absolute Gasteiger partial charge is 0.456 e. The highest BCUT2D eigenvalue weighted by molar-refractivity contribution is 6.20. The van der Waals surface area contributed by atoms with Gasteiger partial charge >= 0.3 is 0 Å². The molecule has 60 heavy (non-hydrogen) atoms. The molecule has 0 aliphatic heterocycles. The van der Waals surface area contributed by atoms with Crippen molar-refractivity contribution in [3.63, 3.8) is 0 Å². The molecule has 0 amide bonds. The zero-order valence-corrected chi connectivity index (χ0v) is 32.3. The molecule has 0 unspecified atom stereocenters. The maximum absolute atomic E-state index is 6.61. The molecule has 1 aliphatic carbocycles. The molecule has 0 fully saturated rings. The Morgan fingerprint density at radius 2 is 0.967 bits per heavy atom. The third-order valence-corrected chi connectivity index (χ3v) is 12.4. The summed E-state index contributed by atoms with van der Waals surface area (Å²) in [6, 6.07) is 71.2. The van der Waals surface area contributed by atoms with Crippen LogP contribution in [-0.2, 0) is 0 Å². The fourth-order valence-corrected chi connectivity index (χ4v) is 9.73. The van der Waals surface area contributed by atoms with Crippen molar-refractivity contribution in [2.45, 2.75) is 0 Å². The summed E-state index contributed by atoms with van der Waals surface area (Å²) in [5.41, 5.74) is 17.5. The molecule has 278 valence electrons. The second-order valence-electron chi connectivity index (χ2n) is 15.7. The van der Waals surface area contributed by atoms with Crippen LogP contribution in [0.15, 0.2) is 205 Å². The maximum Gasteiger partial charge on any atom is 0.162 e. The lowest BCUT2D eigenvalue weighted by molar-refractivity contribution is 0.669. The van der Waals surface area contributed by atoms with Crippen molar-refractivity contribution >= 4 is 54.6 Å². The number of rotatable bonds is 5. The summed E-state index contributed by atoms with van der Waals surface area (Å²) >= 11 is 0. The Labute approximate surface area is 345 Å². The van der Waals surface area contributed by atoms with Crippen molar-refractivity contribution < 1.29 is 4.42 Å². The molecule has 1 aliphatic rings. The lowest BCUT2D eigenvalue weighted by atomic mass is 9.92. The fraction of sp³-hybridized carbons (Fsp3) is 0. The quantitative estimate of drug-likeness (QED) is 0.175. The number of benzene rings is 9. The van der Waals surface area contributed by atoms with Gasteiger partial charge in [-0.25, -0.2) is 9.97 Å². The lowest BCUT2D eigenvalue weighted by Gasteiger charge is -2.10. The molecule has 0 N–H and O–H groups in total. The van der Waals surface area contributed by atoms with Gasteiger partial charge in [0.25, 0.3) is 0 Å². The van der Waals surface area contributed by atoms with Crippen LogP contribution >= 0.6 is 0 Å². The third-order valence-electron chi connectivity index (χ3n) is 12.4. The van der Waals surface area contributed by atoms with Crippen LogP contribution in [0.25, 0.3) is 127 Å². The maximum atomic E-state index is 6.61. The molecule has 0 atom stereocenters. The minimum absolute atomic E-state index is 0.692. The Hall–Kier alpha value is -8.08. The van der Waals surface area contributed by atoms with Gasteiger partial charge in [-0.2, -0.15) is 0 Å². The number of fused-ring (bicyclic) bond motifs is 9. The predicted molar refractivity (Wildman–Crippen MR) is 247 cm³/mol. The van der Waals surface area contributed by atoms with Gasteiger partial charge in [-0.15, -0.1) is 0 Å². The van der Waals surface area contributed by atoms with Gasteiger partial charge in [0.2, 0.25) is 0 Å². The number of para-hydroxylation sites is 1. The summed E-state index contributed by atoms with van der Waals surface area (Å²) in [4.78, 5) is 10.7. The van der Waals surface area contributed by atoms with E-state index < -0.39 is 0 Å². The number of aromatic nitrogens is 3. The van der Waals surface area contributed by atoms with Gasteiger partial charge in [-0.05, 0) is 97.7 Å². The number of hydrogen-bond donors (Lipinski definition) is 0. The van der Waals surface area contributed by atoms with Crippen molar-refractivity contribution in [1.29, 1.82) is 0 Å². The highest BCUT2D eigenvalue weighted by Crippen LogP contribution is 2.50. The molecule has 0 radical (unpaired) electrons. The minimum atomic E-state index is 0.692. The van der Waals surface area contributed by atoms with Gasteiger partial charge in [0.05, 0.1) is 16.6 Å². The van der Waals surface area contributed by atoms with Crippen LogP contribution in [0.1, 0.15) is 0 Å². The summed E-state index contributed by atoms with van der Waals surface area (Å²) in [5.74, 6) is 0.692. The van der Waals surface area contributed by atoms with Crippen LogP contribution in [-0.4, -0.2) is 14.5 Å². The Morgan fingerprint density at radius 1 is 0.350 bits per heavy atom. The van der Waals surface area contributed by atoms with Gasteiger partial charge in [-0.1, -0.05) is 158 Å². The lowest BCUT2D eigenvalue weighted by Crippen LogP contribution is -1.99. The molecule has 4 nitrogen and oxygen atoms in total. The zero-order chi connectivity index (χ0) is 39.3. The van der Waals surface area contributed by atoms with Crippen LogP contribution in [0.5, 0.6) is 0 Å². The molecule has 3 heterocycles. The molecule has 9 aromatic carbocycles. The molecule has 12 aromatic rings. The SMILES string of the molecule is c1ccc(-c2nc(-c3ccccc3)c3c4cc(-c5cccc6oc7ccc(-c8ccc9c%10c(cccc8%10)-c8ccccc8-9)cc7c56)ccc4n(-c4ccccc4)c3n2)cc1. The average molecular weight is 764 g/mol. The van der Waals surface area contributed by atoms with Gasteiger partial charge in [0, 0.05) is 33.0 Å². The smallest absolute Gasteiger partial charge is 0.162 e. The van der Waals surface area contributed by atoms with E-state index in [4.69, 9.17) is 14.4 Å². The normalized spacial score (nSPS) is 12.0. The Morgan fingerprint density at radius 3 is 1.77 bits per heavy atom. The van der Waals surface area contributed by atoms with Crippen LogP contribution in [0, 0.1) is 0 Å². The van der Waals surface area contributed by atoms with Crippen molar-refractivity contribution in [3.05, 3.63) is 200 Å². The molecule has 0 saturated heterocycles. The molecule has 3 aromatic heterocycles. The molecule has 0 spiro atoms. The number of furan rings is 1. The van der Waals surface area contributed by atoms with E-state index in [-0.39, 0.29) is 0 Å². The first-order chi connectivity index (χ1) is 29.8. The summed E-state index contributed by atoms with van der Waals surface area (Å²) in [6.07, 6.45) is 0. The van der Waals surface area contributed by atoms with Crippen LogP contribution in [0.3, 0.4) is 0 Å². The van der Waals surface area contributed by atoms with Crippen molar-refractivity contribution in [1.82, 2.24) is 14.5 Å². The second-order valence-corrected chi connectivity index (χ2v) is 15.7. The standard InChI is InChI=1S/C56H33N3O/c1-4-14-34(15-5-1)54-53-46-32-37(26-30-48(46)59(38-18-8-3-9-19-38)56(53)58-55(57-54)35-16-6-2-7-17-35)40-22-13-25-50-52(40)47-33-36(27-31-49(47)60-50)39-28-29-45-42-21-11-10-20-41(42)44-24-12-23-43(39)51(44)45/h1-33H. The monoisotopic (exact) mass is 763 g/mol. The molecule has 0 bridgehead atoms. The van der Waals surface area contributed by atoms with E-state index in [2.05, 4.69) is 187 Å². The van der Waals surface area contributed by atoms with Crippen LogP contribution in [0.4, 0.5) is 0 Å².